The molecule has 0 atom stereocenters. The van der Waals surface area contributed by atoms with Crippen LogP contribution in [0.5, 0.6) is 0 Å². The molecule has 0 saturated heterocycles. The van der Waals surface area contributed by atoms with Gasteiger partial charge in [0.25, 0.3) is 0 Å². The Labute approximate surface area is 114 Å². The molecule has 1 aromatic rings. The summed E-state index contributed by atoms with van der Waals surface area (Å²) in [5.74, 6) is 2.43. The second-order valence-corrected chi connectivity index (χ2v) is 5.49. The van der Waals surface area contributed by atoms with Crippen LogP contribution in [0.4, 0.5) is 11.9 Å². The lowest BCUT2D eigenvalue weighted by molar-refractivity contribution is 0.300. The van der Waals surface area contributed by atoms with Crippen molar-refractivity contribution >= 4 is 11.9 Å². The number of nitrogens with zero attached hydrogens (tertiary/aromatic N) is 5. The molecule has 0 amide bonds. The summed E-state index contributed by atoms with van der Waals surface area (Å²) in [4.78, 5) is 17.5. The third kappa shape index (κ3) is 3.32. The Kier molecular flexibility index (Phi) is 4.19. The molecule has 0 spiro atoms. The lowest BCUT2D eigenvalue weighted by Gasteiger charge is -2.23. The summed E-state index contributed by atoms with van der Waals surface area (Å²) in [6, 6.07) is 0.476. The van der Waals surface area contributed by atoms with Crippen LogP contribution in [-0.2, 0) is 0 Å². The maximum Gasteiger partial charge on any atom is 0.230 e. The van der Waals surface area contributed by atoms with E-state index in [9.17, 15) is 5.11 Å². The Balaban J connectivity index is 2.36. The van der Waals surface area contributed by atoms with Crippen LogP contribution in [0.15, 0.2) is 0 Å². The van der Waals surface area contributed by atoms with Gasteiger partial charge in [0.05, 0.1) is 6.61 Å². The molecule has 6 nitrogen and oxygen atoms in total. The van der Waals surface area contributed by atoms with Gasteiger partial charge in [0.2, 0.25) is 11.9 Å². The fraction of sp³-hybridized carbons (Fsp3) is 0.769. The average Bonchev–Trinajstić information content (AvgIpc) is 3.19. The molecule has 1 aliphatic rings. The van der Waals surface area contributed by atoms with Gasteiger partial charge in [0, 0.05) is 32.6 Å². The van der Waals surface area contributed by atoms with E-state index in [1.54, 1.807) is 0 Å². The number of hydrogen-bond acceptors (Lipinski definition) is 6. The molecule has 1 heterocycles. The molecule has 19 heavy (non-hydrogen) atoms. The predicted molar refractivity (Wildman–Crippen MR) is 75.7 cm³/mol. The number of anilines is 2. The average molecular weight is 265 g/mol. The summed E-state index contributed by atoms with van der Waals surface area (Å²) in [6.45, 7) is 4.85. The van der Waals surface area contributed by atoms with Gasteiger partial charge in [0.1, 0.15) is 5.82 Å². The second kappa shape index (κ2) is 5.69. The fourth-order valence-electron chi connectivity index (χ4n) is 1.90. The van der Waals surface area contributed by atoms with Crippen LogP contribution < -0.4 is 9.80 Å². The first-order valence-corrected chi connectivity index (χ1v) is 6.83. The van der Waals surface area contributed by atoms with Crippen molar-refractivity contribution in [3.63, 3.8) is 0 Å². The fourth-order valence-corrected chi connectivity index (χ4v) is 1.90. The monoisotopic (exact) mass is 265 g/mol. The molecule has 0 aromatic carbocycles. The third-order valence-corrected chi connectivity index (χ3v) is 3.13. The molecule has 0 radical (unpaired) electrons. The normalized spacial score (nSPS) is 14.8. The third-order valence-electron chi connectivity index (χ3n) is 3.13. The van der Waals surface area contributed by atoms with E-state index in [0.717, 1.165) is 18.7 Å². The highest BCUT2D eigenvalue weighted by Gasteiger charge is 2.31. The van der Waals surface area contributed by atoms with E-state index >= 15 is 0 Å². The van der Waals surface area contributed by atoms with Gasteiger partial charge in [-0.1, -0.05) is 13.8 Å². The maximum absolute atomic E-state index is 9.21. The zero-order valence-electron chi connectivity index (χ0n) is 12.2. The maximum atomic E-state index is 9.21. The minimum absolute atomic E-state index is 0.122. The van der Waals surface area contributed by atoms with Gasteiger partial charge >= 0.3 is 0 Å². The van der Waals surface area contributed by atoms with Crippen molar-refractivity contribution < 1.29 is 5.11 Å². The van der Waals surface area contributed by atoms with Crippen molar-refractivity contribution in [3.8, 4) is 0 Å². The van der Waals surface area contributed by atoms with Gasteiger partial charge in [0.15, 0.2) is 0 Å². The van der Waals surface area contributed by atoms with Gasteiger partial charge in [-0.3, -0.25) is 0 Å². The van der Waals surface area contributed by atoms with Crippen LogP contribution in [-0.4, -0.2) is 53.3 Å². The van der Waals surface area contributed by atoms with Gasteiger partial charge in [-0.15, -0.1) is 0 Å². The number of aromatic nitrogens is 3. The van der Waals surface area contributed by atoms with Crippen molar-refractivity contribution in [1.82, 2.24) is 15.0 Å². The number of aliphatic hydroxyl groups excluding tert-OH is 1. The van der Waals surface area contributed by atoms with Crippen molar-refractivity contribution in [2.24, 2.45) is 0 Å². The minimum Gasteiger partial charge on any atom is -0.395 e. The zero-order chi connectivity index (χ0) is 14.0. The summed E-state index contributed by atoms with van der Waals surface area (Å²) in [6.07, 6.45) is 2.31. The zero-order valence-corrected chi connectivity index (χ0v) is 12.2. The van der Waals surface area contributed by atoms with E-state index in [0.29, 0.717) is 24.5 Å². The van der Waals surface area contributed by atoms with E-state index in [1.807, 2.05) is 19.0 Å². The summed E-state index contributed by atoms with van der Waals surface area (Å²) < 4.78 is 0. The summed E-state index contributed by atoms with van der Waals surface area (Å²) in [5.41, 5.74) is 0. The highest BCUT2D eigenvalue weighted by atomic mass is 16.3. The molecule has 1 aromatic heterocycles. The molecule has 1 fully saturated rings. The summed E-state index contributed by atoms with van der Waals surface area (Å²) in [7, 11) is 3.85. The SMILES string of the molecule is CC(C)c1nc(N(C)C)nc(N(CCO)C2CC2)n1. The largest absolute Gasteiger partial charge is 0.395 e. The predicted octanol–water partition coefficient (Wildman–Crippen LogP) is 1.02. The standard InChI is InChI=1S/C13H23N5O/c1-9(2)11-14-12(17(3)4)16-13(15-11)18(7-8-19)10-5-6-10/h9-10,19H,5-8H2,1-4H3. The number of hydrogen-bond donors (Lipinski definition) is 1. The van der Waals surface area contributed by atoms with E-state index < -0.39 is 0 Å². The Bertz CT molecular complexity index is 405. The van der Waals surface area contributed by atoms with Crippen molar-refractivity contribution in [2.45, 2.75) is 38.6 Å². The van der Waals surface area contributed by atoms with Crippen molar-refractivity contribution in [1.29, 1.82) is 0 Å². The van der Waals surface area contributed by atoms with E-state index in [2.05, 4.69) is 33.7 Å². The number of aliphatic hydroxyl groups is 1. The topological polar surface area (TPSA) is 65.4 Å². The molecule has 0 bridgehead atoms. The minimum atomic E-state index is 0.122. The lowest BCUT2D eigenvalue weighted by atomic mass is 10.2. The molecule has 106 valence electrons. The van der Waals surface area contributed by atoms with Crippen LogP contribution in [0.25, 0.3) is 0 Å². The Morgan fingerprint density at radius 1 is 1.16 bits per heavy atom. The van der Waals surface area contributed by atoms with Gasteiger partial charge < -0.3 is 14.9 Å². The van der Waals surface area contributed by atoms with E-state index in [-0.39, 0.29) is 12.5 Å². The van der Waals surface area contributed by atoms with Crippen LogP contribution >= 0.6 is 0 Å². The quantitative estimate of drug-likeness (QED) is 0.828. The van der Waals surface area contributed by atoms with Crippen molar-refractivity contribution in [2.75, 3.05) is 37.0 Å². The Morgan fingerprint density at radius 3 is 2.26 bits per heavy atom. The summed E-state index contributed by atoms with van der Waals surface area (Å²) in [5, 5.41) is 9.21. The Morgan fingerprint density at radius 2 is 1.79 bits per heavy atom. The molecule has 1 aliphatic carbocycles. The molecular weight excluding hydrogens is 242 g/mol. The van der Waals surface area contributed by atoms with E-state index in [4.69, 9.17) is 0 Å². The first-order chi connectivity index (χ1) is 9.02. The Hall–Kier alpha value is -1.43. The molecule has 0 aliphatic heterocycles. The van der Waals surface area contributed by atoms with Crippen LogP contribution in [0.1, 0.15) is 38.4 Å². The van der Waals surface area contributed by atoms with Crippen LogP contribution in [0.2, 0.25) is 0 Å². The highest BCUT2D eigenvalue weighted by Crippen LogP contribution is 2.30. The van der Waals surface area contributed by atoms with Crippen molar-refractivity contribution in [3.05, 3.63) is 5.82 Å². The van der Waals surface area contributed by atoms with Gasteiger partial charge in [-0.25, -0.2) is 0 Å². The molecule has 1 N–H and O–H groups in total. The molecule has 2 rings (SSSR count). The number of rotatable bonds is 6. The molecular formula is C13H23N5O. The first kappa shape index (κ1) is 14.0. The van der Waals surface area contributed by atoms with Crippen LogP contribution in [0, 0.1) is 0 Å². The van der Waals surface area contributed by atoms with Gasteiger partial charge in [-0.05, 0) is 12.8 Å². The lowest BCUT2D eigenvalue weighted by Crippen LogP contribution is -2.32. The molecule has 6 heteroatoms. The van der Waals surface area contributed by atoms with E-state index in [1.165, 1.54) is 0 Å². The smallest absolute Gasteiger partial charge is 0.230 e. The molecule has 1 saturated carbocycles. The second-order valence-electron chi connectivity index (χ2n) is 5.49. The summed E-state index contributed by atoms with van der Waals surface area (Å²) >= 11 is 0. The highest BCUT2D eigenvalue weighted by molar-refractivity contribution is 5.40. The van der Waals surface area contributed by atoms with Gasteiger partial charge in [-0.2, -0.15) is 15.0 Å². The first-order valence-electron chi connectivity index (χ1n) is 6.83. The molecule has 0 unspecified atom stereocenters. The van der Waals surface area contributed by atoms with Crippen LogP contribution in [0.3, 0.4) is 0 Å².